The lowest BCUT2D eigenvalue weighted by Crippen LogP contribution is -2.45. The van der Waals surface area contributed by atoms with Gasteiger partial charge >= 0.3 is 15.6 Å². The van der Waals surface area contributed by atoms with Crippen LogP contribution in [0.2, 0.25) is 0 Å². The summed E-state index contributed by atoms with van der Waals surface area (Å²) in [6.07, 6.45) is 5.21. The molecule has 1 aliphatic rings. The Labute approximate surface area is 169 Å². The minimum Gasteiger partial charge on any atom is -0.450 e. The standard InChI is InChI=1S/C17H16F3N5O4S/c1-24-4-6-25(7-5-24)16-22-8-11(9-23-16)14-15(29-30(26,27)17(18,19)20)12-2-3-21-10-13(12)28-14/h2-3,8-10H,4-7H2,1H3. The van der Waals surface area contributed by atoms with Crippen LogP contribution in [0.25, 0.3) is 22.3 Å². The number of rotatable bonds is 4. The maximum atomic E-state index is 12.9. The van der Waals surface area contributed by atoms with Gasteiger partial charge in [-0.1, -0.05) is 0 Å². The van der Waals surface area contributed by atoms with Crippen molar-refractivity contribution in [2.24, 2.45) is 0 Å². The average Bonchev–Trinajstić information content (AvgIpc) is 3.06. The van der Waals surface area contributed by atoms with E-state index in [2.05, 4.69) is 24.0 Å². The molecule has 30 heavy (non-hydrogen) atoms. The quantitative estimate of drug-likeness (QED) is 0.444. The highest BCUT2D eigenvalue weighted by Crippen LogP contribution is 2.41. The van der Waals surface area contributed by atoms with Gasteiger partial charge in [0.15, 0.2) is 17.1 Å². The summed E-state index contributed by atoms with van der Waals surface area (Å²) in [6, 6.07) is 1.29. The molecule has 1 aliphatic heterocycles. The van der Waals surface area contributed by atoms with Crippen LogP contribution in [0.3, 0.4) is 0 Å². The second kappa shape index (κ2) is 7.40. The van der Waals surface area contributed by atoms with Gasteiger partial charge in [0, 0.05) is 44.8 Å². The SMILES string of the molecule is CN1CCN(c2ncc(-c3oc4cnccc4c3OS(=O)(=O)C(F)(F)F)cn2)CC1. The van der Waals surface area contributed by atoms with Crippen LogP contribution in [0.5, 0.6) is 5.75 Å². The average molecular weight is 443 g/mol. The highest BCUT2D eigenvalue weighted by molar-refractivity contribution is 7.88. The number of fused-ring (bicyclic) bond motifs is 1. The molecule has 13 heteroatoms. The van der Waals surface area contributed by atoms with Crippen molar-refractivity contribution in [3.63, 3.8) is 0 Å². The number of alkyl halides is 3. The zero-order chi connectivity index (χ0) is 21.5. The first-order valence-corrected chi connectivity index (χ1v) is 10.2. The van der Waals surface area contributed by atoms with E-state index in [1.807, 2.05) is 11.9 Å². The molecule has 0 aromatic carbocycles. The van der Waals surface area contributed by atoms with Crippen LogP contribution < -0.4 is 9.08 Å². The third-order valence-corrected chi connectivity index (χ3v) is 5.56. The van der Waals surface area contributed by atoms with Crippen molar-refractivity contribution in [3.8, 4) is 17.1 Å². The number of likely N-dealkylation sites (N-methyl/N-ethyl adjacent to an activating group) is 1. The topological polar surface area (TPSA) is 102 Å². The van der Waals surface area contributed by atoms with Gasteiger partial charge in [0.25, 0.3) is 0 Å². The third kappa shape index (κ3) is 3.77. The molecule has 9 nitrogen and oxygen atoms in total. The van der Waals surface area contributed by atoms with Crippen LogP contribution in [0.15, 0.2) is 35.3 Å². The van der Waals surface area contributed by atoms with Crippen LogP contribution >= 0.6 is 0 Å². The van der Waals surface area contributed by atoms with E-state index < -0.39 is 21.4 Å². The molecule has 1 fully saturated rings. The normalized spacial score (nSPS) is 16.2. The van der Waals surface area contributed by atoms with E-state index in [-0.39, 0.29) is 22.3 Å². The minimum absolute atomic E-state index is 0.0240. The summed E-state index contributed by atoms with van der Waals surface area (Å²) in [7, 11) is -3.90. The lowest BCUT2D eigenvalue weighted by atomic mass is 10.2. The Morgan fingerprint density at radius 3 is 2.40 bits per heavy atom. The van der Waals surface area contributed by atoms with Crippen LogP contribution in [0, 0.1) is 0 Å². The highest BCUT2D eigenvalue weighted by Gasteiger charge is 2.49. The Balaban J connectivity index is 1.72. The second-order valence-corrected chi connectivity index (χ2v) is 8.22. The lowest BCUT2D eigenvalue weighted by Gasteiger charge is -2.32. The van der Waals surface area contributed by atoms with Gasteiger partial charge in [0.2, 0.25) is 5.95 Å². The van der Waals surface area contributed by atoms with Crippen molar-refractivity contribution in [1.29, 1.82) is 0 Å². The van der Waals surface area contributed by atoms with Crippen molar-refractivity contribution < 1.29 is 30.2 Å². The Kier molecular flexibility index (Phi) is 5.02. The maximum absolute atomic E-state index is 12.9. The van der Waals surface area contributed by atoms with Gasteiger partial charge in [-0.15, -0.1) is 0 Å². The fourth-order valence-corrected chi connectivity index (χ4v) is 3.44. The summed E-state index contributed by atoms with van der Waals surface area (Å²) in [5, 5.41) is 0.0240. The van der Waals surface area contributed by atoms with E-state index in [9.17, 15) is 21.6 Å². The van der Waals surface area contributed by atoms with Crippen molar-refractivity contribution in [2.45, 2.75) is 5.51 Å². The number of hydrogen-bond donors (Lipinski definition) is 0. The first-order chi connectivity index (χ1) is 14.2. The molecule has 3 aromatic rings. The van der Waals surface area contributed by atoms with E-state index in [1.54, 1.807) is 0 Å². The van der Waals surface area contributed by atoms with Crippen LogP contribution in [-0.2, 0) is 10.1 Å². The fourth-order valence-electron chi connectivity index (χ4n) is 2.97. The number of hydrogen-bond acceptors (Lipinski definition) is 9. The molecule has 0 bridgehead atoms. The third-order valence-electron chi connectivity index (χ3n) is 4.61. The van der Waals surface area contributed by atoms with Gasteiger partial charge in [0.1, 0.15) is 0 Å². The molecule has 0 radical (unpaired) electrons. The summed E-state index contributed by atoms with van der Waals surface area (Å²) in [5.41, 5.74) is -5.37. The van der Waals surface area contributed by atoms with E-state index in [0.717, 1.165) is 26.2 Å². The molecule has 3 aromatic heterocycles. The molecule has 0 amide bonds. The molecule has 1 saturated heterocycles. The van der Waals surface area contributed by atoms with Gasteiger partial charge in [-0.2, -0.15) is 21.6 Å². The summed E-state index contributed by atoms with van der Waals surface area (Å²) < 4.78 is 71.7. The zero-order valence-electron chi connectivity index (χ0n) is 15.6. The number of aromatic nitrogens is 3. The summed E-state index contributed by atoms with van der Waals surface area (Å²) in [5.74, 6) is -0.383. The number of halogens is 3. The van der Waals surface area contributed by atoms with E-state index in [4.69, 9.17) is 4.42 Å². The first kappa shape index (κ1) is 20.3. The second-order valence-electron chi connectivity index (χ2n) is 6.68. The lowest BCUT2D eigenvalue weighted by molar-refractivity contribution is -0.0499. The predicted molar refractivity (Wildman–Crippen MR) is 100 cm³/mol. The Morgan fingerprint density at radius 2 is 1.77 bits per heavy atom. The number of pyridine rings is 1. The van der Waals surface area contributed by atoms with Crippen LogP contribution in [-0.4, -0.2) is 67.0 Å². The molecule has 0 saturated carbocycles. The summed E-state index contributed by atoms with van der Waals surface area (Å²) >= 11 is 0. The number of nitrogens with zero attached hydrogens (tertiary/aromatic N) is 5. The molecule has 160 valence electrons. The van der Waals surface area contributed by atoms with Gasteiger partial charge in [0.05, 0.1) is 17.1 Å². The highest BCUT2D eigenvalue weighted by atomic mass is 32.2. The molecule has 4 heterocycles. The zero-order valence-corrected chi connectivity index (χ0v) is 16.4. The van der Waals surface area contributed by atoms with Crippen LogP contribution in [0.4, 0.5) is 19.1 Å². The number of anilines is 1. The summed E-state index contributed by atoms with van der Waals surface area (Å²) in [4.78, 5) is 16.5. The van der Waals surface area contributed by atoms with Crippen LogP contribution in [0.1, 0.15) is 0 Å². The Bertz CT molecular complexity index is 1160. The smallest absolute Gasteiger partial charge is 0.450 e. The molecule has 0 atom stereocenters. The molecule has 0 aliphatic carbocycles. The van der Waals surface area contributed by atoms with Crippen molar-refractivity contribution >= 4 is 27.0 Å². The molecule has 4 rings (SSSR count). The Hall–Kier alpha value is -2.93. The van der Waals surface area contributed by atoms with E-state index >= 15 is 0 Å². The van der Waals surface area contributed by atoms with Gasteiger partial charge in [-0.3, -0.25) is 4.98 Å². The molecule has 0 spiro atoms. The van der Waals surface area contributed by atoms with Gasteiger partial charge in [-0.25, -0.2) is 9.97 Å². The Morgan fingerprint density at radius 1 is 1.10 bits per heavy atom. The van der Waals surface area contributed by atoms with E-state index in [0.29, 0.717) is 5.95 Å². The monoisotopic (exact) mass is 443 g/mol. The van der Waals surface area contributed by atoms with E-state index in [1.165, 1.54) is 30.9 Å². The molecule has 0 unspecified atom stereocenters. The summed E-state index contributed by atoms with van der Waals surface area (Å²) in [6.45, 7) is 3.14. The molecule has 0 N–H and O–H groups in total. The first-order valence-electron chi connectivity index (χ1n) is 8.79. The van der Waals surface area contributed by atoms with Gasteiger partial charge < -0.3 is 18.4 Å². The maximum Gasteiger partial charge on any atom is 0.534 e. The van der Waals surface area contributed by atoms with Gasteiger partial charge in [-0.05, 0) is 13.1 Å². The fraction of sp³-hybridized carbons (Fsp3) is 0.353. The van der Waals surface area contributed by atoms with Crippen molar-refractivity contribution in [1.82, 2.24) is 19.9 Å². The van der Waals surface area contributed by atoms with Crippen molar-refractivity contribution in [3.05, 3.63) is 30.9 Å². The van der Waals surface area contributed by atoms with Crippen molar-refractivity contribution in [2.75, 3.05) is 38.1 Å². The predicted octanol–water partition coefficient (Wildman–Crippen LogP) is 2.26. The molecular formula is C17H16F3N5O4S. The number of furan rings is 1. The molecular weight excluding hydrogens is 427 g/mol. The minimum atomic E-state index is -5.91. The number of piperazine rings is 1. The largest absolute Gasteiger partial charge is 0.534 e.